The molecule has 0 atom stereocenters. The van der Waals surface area contributed by atoms with Crippen LogP contribution in [0.5, 0.6) is 5.75 Å². The maximum atomic E-state index is 10.1. The highest BCUT2D eigenvalue weighted by Gasteiger charge is 2.14. The van der Waals surface area contributed by atoms with Crippen molar-refractivity contribution in [3.05, 3.63) is 90.6 Å². The van der Waals surface area contributed by atoms with Gasteiger partial charge in [0.05, 0.1) is 11.0 Å². The average Bonchev–Trinajstić information content (AvgIpc) is 3.06. The van der Waals surface area contributed by atoms with Crippen molar-refractivity contribution in [3.8, 4) is 22.7 Å². The van der Waals surface area contributed by atoms with Gasteiger partial charge in [0.2, 0.25) is 0 Å². The molecule has 0 saturated carbocycles. The number of para-hydroxylation sites is 1. The van der Waals surface area contributed by atoms with E-state index < -0.39 is 6.85 Å². The van der Waals surface area contributed by atoms with Crippen molar-refractivity contribution in [1.29, 1.82) is 0 Å². The minimum atomic E-state index is -2.28. The largest absolute Gasteiger partial charge is 0.508 e. The quantitative estimate of drug-likeness (QED) is 0.432. The molecular weight excluding hydrogens is 332 g/mol. The lowest BCUT2D eigenvalue weighted by atomic mass is 10.0. The van der Waals surface area contributed by atoms with E-state index in [4.69, 9.17) is 4.11 Å². The Kier molecular flexibility index (Phi) is 2.82. The Balaban J connectivity index is 1.85. The molecule has 0 aliphatic carbocycles. The van der Waals surface area contributed by atoms with Gasteiger partial charge in [0.1, 0.15) is 11.6 Å². The van der Waals surface area contributed by atoms with Crippen LogP contribution in [0.25, 0.3) is 38.8 Å². The van der Waals surface area contributed by atoms with Crippen molar-refractivity contribution in [2.45, 2.75) is 6.85 Å². The first-order valence-electron chi connectivity index (χ1n) is 10.2. The van der Waals surface area contributed by atoms with Crippen LogP contribution in [0.1, 0.15) is 9.68 Å². The van der Waals surface area contributed by atoms with Gasteiger partial charge >= 0.3 is 0 Å². The first kappa shape index (κ1) is 12.7. The SMILES string of the molecule is [2H]C([2H])([2H])c1cnc(-n2c3ccccc3c3ccc(O)cc32)cc1-c1ccccc1. The summed E-state index contributed by atoms with van der Waals surface area (Å²) in [4.78, 5) is 4.53. The molecule has 2 heterocycles. The third kappa shape index (κ3) is 2.48. The summed E-state index contributed by atoms with van der Waals surface area (Å²) in [5.74, 6) is 0.757. The Morgan fingerprint density at radius 3 is 2.48 bits per heavy atom. The zero-order chi connectivity index (χ0) is 20.9. The van der Waals surface area contributed by atoms with E-state index >= 15 is 0 Å². The van der Waals surface area contributed by atoms with E-state index in [1.807, 2.05) is 71.3 Å². The van der Waals surface area contributed by atoms with Crippen LogP contribution in [0.15, 0.2) is 85.1 Å². The number of hydrogen-bond acceptors (Lipinski definition) is 2. The molecule has 5 rings (SSSR count). The number of pyridine rings is 1. The van der Waals surface area contributed by atoms with Crippen LogP contribution >= 0.6 is 0 Å². The van der Waals surface area contributed by atoms with Gasteiger partial charge < -0.3 is 5.11 Å². The van der Waals surface area contributed by atoms with Crippen molar-refractivity contribution < 1.29 is 9.22 Å². The highest BCUT2D eigenvalue weighted by atomic mass is 16.3. The predicted molar refractivity (Wildman–Crippen MR) is 110 cm³/mol. The molecule has 3 heteroatoms. The fourth-order valence-corrected chi connectivity index (χ4v) is 3.63. The molecule has 3 nitrogen and oxygen atoms in total. The monoisotopic (exact) mass is 353 g/mol. The molecule has 1 N–H and O–H groups in total. The van der Waals surface area contributed by atoms with E-state index in [0.29, 0.717) is 11.4 Å². The molecule has 0 radical (unpaired) electrons. The molecular formula is C24H18N2O. The van der Waals surface area contributed by atoms with Gasteiger partial charge in [-0.2, -0.15) is 0 Å². The fourth-order valence-electron chi connectivity index (χ4n) is 3.63. The van der Waals surface area contributed by atoms with E-state index in [9.17, 15) is 5.11 Å². The molecule has 0 fully saturated rings. The normalized spacial score (nSPS) is 13.4. The van der Waals surface area contributed by atoms with Gasteiger partial charge in [-0.3, -0.25) is 4.57 Å². The van der Waals surface area contributed by atoms with Gasteiger partial charge in [-0.1, -0.05) is 48.5 Å². The smallest absolute Gasteiger partial charge is 0.138 e. The topological polar surface area (TPSA) is 38.0 Å². The van der Waals surface area contributed by atoms with Crippen molar-refractivity contribution >= 4 is 21.8 Å². The molecule has 0 aliphatic rings. The minimum absolute atomic E-state index is 0.161. The number of hydrogen-bond donors (Lipinski definition) is 1. The fraction of sp³-hybridized carbons (Fsp3) is 0.0417. The second-order valence-corrected chi connectivity index (χ2v) is 6.51. The van der Waals surface area contributed by atoms with Gasteiger partial charge in [-0.15, -0.1) is 0 Å². The maximum Gasteiger partial charge on any atom is 0.138 e. The lowest BCUT2D eigenvalue weighted by Crippen LogP contribution is -1.99. The first-order valence-corrected chi connectivity index (χ1v) is 8.72. The molecule has 27 heavy (non-hydrogen) atoms. The molecule has 0 unspecified atom stereocenters. The Labute approximate surface area is 161 Å². The summed E-state index contributed by atoms with van der Waals surface area (Å²) in [7, 11) is 0. The molecule has 0 amide bonds. The lowest BCUT2D eigenvalue weighted by Gasteiger charge is -2.11. The number of phenolic OH excluding ortho intramolecular Hbond substituents is 1. The van der Waals surface area contributed by atoms with Crippen LogP contribution in [0.4, 0.5) is 0 Å². The summed E-state index contributed by atoms with van der Waals surface area (Å²) in [5.41, 5.74) is 3.39. The zero-order valence-electron chi connectivity index (χ0n) is 17.4. The number of nitrogens with zero attached hydrogens (tertiary/aromatic N) is 2. The van der Waals surface area contributed by atoms with Gasteiger partial charge in [0.15, 0.2) is 0 Å². The number of benzene rings is 3. The number of fused-ring (bicyclic) bond motifs is 3. The van der Waals surface area contributed by atoms with Gasteiger partial charge in [0.25, 0.3) is 0 Å². The summed E-state index contributed by atoms with van der Waals surface area (Å²) < 4.78 is 25.8. The summed E-state index contributed by atoms with van der Waals surface area (Å²) in [6.07, 6.45) is 1.44. The van der Waals surface area contributed by atoms with Crippen molar-refractivity contribution in [2.75, 3.05) is 0 Å². The summed E-state index contributed by atoms with van der Waals surface area (Å²) in [6, 6.07) is 24.5. The van der Waals surface area contributed by atoms with E-state index in [2.05, 4.69) is 4.98 Å². The lowest BCUT2D eigenvalue weighted by molar-refractivity contribution is 0.476. The first-order chi connectivity index (χ1) is 14.4. The number of aromatic nitrogens is 2. The zero-order valence-corrected chi connectivity index (χ0v) is 14.4. The van der Waals surface area contributed by atoms with E-state index in [1.165, 1.54) is 6.20 Å². The number of aromatic hydroxyl groups is 1. The Morgan fingerprint density at radius 1 is 0.852 bits per heavy atom. The molecule has 0 aliphatic heterocycles. The predicted octanol–water partition coefficient (Wildman–Crippen LogP) is 5.86. The van der Waals surface area contributed by atoms with Crippen LogP contribution in [-0.4, -0.2) is 14.7 Å². The number of rotatable bonds is 2. The van der Waals surface area contributed by atoms with Crippen molar-refractivity contribution in [1.82, 2.24) is 9.55 Å². The highest BCUT2D eigenvalue weighted by molar-refractivity contribution is 6.09. The molecule has 2 aromatic heterocycles. The Hall–Kier alpha value is -3.59. The third-order valence-electron chi connectivity index (χ3n) is 4.86. The van der Waals surface area contributed by atoms with Crippen LogP contribution < -0.4 is 0 Å². The average molecular weight is 353 g/mol. The molecule has 3 aromatic carbocycles. The van der Waals surface area contributed by atoms with Crippen LogP contribution in [0.2, 0.25) is 0 Å². The maximum absolute atomic E-state index is 10.1. The Morgan fingerprint density at radius 2 is 1.63 bits per heavy atom. The van der Waals surface area contributed by atoms with Crippen molar-refractivity contribution in [2.24, 2.45) is 0 Å². The molecule has 0 saturated heterocycles. The van der Waals surface area contributed by atoms with Gasteiger partial charge in [-0.05, 0) is 47.8 Å². The van der Waals surface area contributed by atoms with E-state index in [-0.39, 0.29) is 11.3 Å². The molecule has 130 valence electrons. The van der Waals surface area contributed by atoms with Crippen molar-refractivity contribution in [3.63, 3.8) is 0 Å². The summed E-state index contributed by atoms with van der Waals surface area (Å²) >= 11 is 0. The van der Waals surface area contributed by atoms with E-state index in [1.54, 1.807) is 12.1 Å². The van der Waals surface area contributed by atoms with Crippen LogP contribution in [0, 0.1) is 6.85 Å². The highest BCUT2D eigenvalue weighted by Crippen LogP contribution is 2.34. The standard InChI is InChI=1S/C24H18N2O/c1-16-15-25-24(14-21(16)17-7-3-2-4-8-17)26-22-10-6-5-9-19(22)20-12-11-18(27)13-23(20)26/h2-15,27H,1H3/i1D3. The summed E-state index contributed by atoms with van der Waals surface area (Å²) in [5, 5.41) is 12.1. The van der Waals surface area contributed by atoms with Gasteiger partial charge in [0, 0.05) is 27.1 Å². The number of aryl methyl sites for hydroxylation is 1. The molecule has 0 bridgehead atoms. The van der Waals surface area contributed by atoms with Crippen LogP contribution in [0.3, 0.4) is 0 Å². The number of phenols is 1. The van der Waals surface area contributed by atoms with E-state index in [0.717, 1.165) is 27.4 Å². The molecule has 0 spiro atoms. The summed E-state index contributed by atoms with van der Waals surface area (Å²) in [6.45, 7) is -2.28. The molecule has 5 aromatic rings. The second-order valence-electron chi connectivity index (χ2n) is 6.51. The third-order valence-corrected chi connectivity index (χ3v) is 4.86. The Bertz CT molecular complexity index is 1390. The van der Waals surface area contributed by atoms with Gasteiger partial charge in [-0.25, -0.2) is 4.98 Å². The second kappa shape index (κ2) is 5.99. The van der Waals surface area contributed by atoms with Crippen LogP contribution in [-0.2, 0) is 0 Å². The minimum Gasteiger partial charge on any atom is -0.508 e.